The second-order valence-electron chi connectivity index (χ2n) is 13.7. The summed E-state index contributed by atoms with van der Waals surface area (Å²) in [6, 6.07) is 20.5. The van der Waals surface area contributed by atoms with Crippen LogP contribution in [0.3, 0.4) is 0 Å². The Morgan fingerprint density at radius 3 is 1.88 bits per heavy atom. The fourth-order valence-corrected chi connectivity index (χ4v) is 6.56. The maximum atomic E-state index is 14.2. The molecule has 4 aromatic rings. The van der Waals surface area contributed by atoms with E-state index >= 15 is 0 Å². The third-order valence-corrected chi connectivity index (χ3v) is 10.0. The number of hydrogen-bond acceptors (Lipinski definition) is 9. The van der Waals surface area contributed by atoms with Gasteiger partial charge in [-0.05, 0) is 85.3 Å². The number of hydrogen-bond donors (Lipinski definition) is 4. The van der Waals surface area contributed by atoms with Crippen LogP contribution in [0.15, 0.2) is 77.6 Å². The smallest absolute Gasteiger partial charge is 0.416 e. The molecule has 0 bridgehead atoms. The van der Waals surface area contributed by atoms with E-state index < -0.39 is 35.9 Å². The summed E-state index contributed by atoms with van der Waals surface area (Å²) in [6.45, 7) is 7.64. The highest BCUT2D eigenvalue weighted by Gasteiger charge is 2.31. The van der Waals surface area contributed by atoms with E-state index in [-0.39, 0.29) is 18.0 Å². The number of aryl methyl sites for hydroxylation is 2. The Balaban J connectivity index is 0.000000657. The number of halogens is 3. The van der Waals surface area contributed by atoms with E-state index in [0.29, 0.717) is 55.8 Å². The Kier molecular flexibility index (Phi) is 16.1. The molecule has 0 spiro atoms. The van der Waals surface area contributed by atoms with Gasteiger partial charge in [-0.2, -0.15) is 18.2 Å². The molecule has 13 nitrogen and oxygen atoms in total. The van der Waals surface area contributed by atoms with Gasteiger partial charge in [-0.25, -0.2) is 9.59 Å². The molecule has 2 unspecified atom stereocenters. The third kappa shape index (κ3) is 12.2. The Bertz CT molecular complexity index is 2030. The fourth-order valence-electron chi connectivity index (χ4n) is 6.56. The maximum Gasteiger partial charge on any atom is 0.416 e. The standard InChI is InChI=1S/C38H43F3N4O3.C4H6O6/c1-4-43(5-2)23-24-44(25-28-9-14-29(15-10-28)30-16-18-31(19-17-30)38(39,40)41)36(46)26-45-34-8-6-7-33(34)37(47)42-35(45)22-13-27-11-20-32(48-3)21-12-27;5-1(3(7)8)2(6)4(9)10/h9-12,14-21H,4-8,13,22-26H2,1-3H3;1-2,5-6H,(H,7,8)(H,9,10). The number of aliphatic hydroxyl groups excluding tert-OH is 2. The Morgan fingerprint density at radius 1 is 0.810 bits per heavy atom. The van der Waals surface area contributed by atoms with Crippen molar-refractivity contribution in [2.45, 2.75) is 77.4 Å². The number of carbonyl (C=O) groups is 3. The van der Waals surface area contributed by atoms with Crippen molar-refractivity contribution < 1.29 is 52.7 Å². The van der Waals surface area contributed by atoms with E-state index in [2.05, 4.69) is 23.7 Å². The molecule has 1 heterocycles. The minimum absolute atomic E-state index is 0.0563. The van der Waals surface area contributed by atoms with E-state index in [1.807, 2.05) is 58.0 Å². The van der Waals surface area contributed by atoms with Crippen LogP contribution in [0.1, 0.15) is 54.0 Å². The number of ether oxygens (including phenoxy) is 1. The van der Waals surface area contributed by atoms with Crippen LogP contribution in [0, 0.1) is 0 Å². The number of amides is 1. The van der Waals surface area contributed by atoms with Crippen molar-refractivity contribution in [3.8, 4) is 16.9 Å². The number of carbonyl (C=O) groups excluding carboxylic acids is 1. The van der Waals surface area contributed by atoms with Gasteiger partial charge in [0, 0.05) is 37.3 Å². The van der Waals surface area contributed by atoms with Gasteiger partial charge < -0.3 is 39.5 Å². The van der Waals surface area contributed by atoms with E-state index in [1.54, 1.807) is 7.11 Å². The van der Waals surface area contributed by atoms with Gasteiger partial charge in [0.1, 0.15) is 18.1 Å². The minimum atomic E-state index is -4.38. The Morgan fingerprint density at radius 2 is 1.36 bits per heavy atom. The highest BCUT2D eigenvalue weighted by atomic mass is 19.4. The number of alkyl halides is 3. The number of nitrogens with zero attached hydrogens (tertiary/aromatic N) is 4. The van der Waals surface area contributed by atoms with Gasteiger partial charge in [0.25, 0.3) is 5.56 Å². The molecule has 1 aliphatic carbocycles. The predicted octanol–water partition coefficient (Wildman–Crippen LogP) is 4.46. The topological polar surface area (TPSA) is 183 Å². The summed E-state index contributed by atoms with van der Waals surface area (Å²) >= 11 is 0. The van der Waals surface area contributed by atoms with Crippen LogP contribution in [-0.2, 0) is 59.3 Å². The van der Waals surface area contributed by atoms with E-state index in [0.717, 1.165) is 66.2 Å². The van der Waals surface area contributed by atoms with Crippen molar-refractivity contribution in [1.29, 1.82) is 0 Å². The number of aliphatic carboxylic acids is 2. The van der Waals surface area contributed by atoms with Crippen LogP contribution in [0.2, 0.25) is 0 Å². The molecular formula is C42H49F3N4O9. The van der Waals surface area contributed by atoms with Gasteiger partial charge in [0.05, 0.1) is 12.7 Å². The molecule has 58 heavy (non-hydrogen) atoms. The van der Waals surface area contributed by atoms with Gasteiger partial charge in [-0.3, -0.25) is 9.59 Å². The molecule has 16 heteroatoms. The number of carboxylic acid groups (broad SMARTS) is 2. The number of methoxy groups -OCH3 is 1. The fraction of sp³-hybridized carbons (Fsp3) is 0.405. The van der Waals surface area contributed by atoms with Crippen molar-refractivity contribution in [2.24, 2.45) is 0 Å². The summed E-state index contributed by atoms with van der Waals surface area (Å²) < 4.78 is 46.4. The normalized spacial score (nSPS) is 13.3. The van der Waals surface area contributed by atoms with Crippen LogP contribution in [0.5, 0.6) is 5.75 Å². The molecular weight excluding hydrogens is 761 g/mol. The van der Waals surface area contributed by atoms with E-state index in [4.69, 9.17) is 25.2 Å². The molecule has 1 aliphatic rings. The van der Waals surface area contributed by atoms with E-state index in [1.165, 1.54) is 12.1 Å². The van der Waals surface area contributed by atoms with Gasteiger partial charge in [-0.15, -0.1) is 0 Å². The highest BCUT2D eigenvalue weighted by Crippen LogP contribution is 2.31. The first kappa shape index (κ1) is 45.1. The molecule has 0 fully saturated rings. The molecule has 0 saturated carbocycles. The zero-order valence-electron chi connectivity index (χ0n) is 32.6. The molecule has 2 atom stereocenters. The molecule has 4 N–H and O–H groups in total. The van der Waals surface area contributed by atoms with Crippen LogP contribution >= 0.6 is 0 Å². The lowest BCUT2D eigenvalue weighted by molar-refractivity contribution is -0.165. The summed E-state index contributed by atoms with van der Waals surface area (Å²) in [4.78, 5) is 55.3. The number of rotatable bonds is 17. The number of aliphatic hydroxyl groups is 2. The molecule has 312 valence electrons. The lowest BCUT2D eigenvalue weighted by atomic mass is 10.0. The first-order valence-electron chi connectivity index (χ1n) is 18.9. The lowest BCUT2D eigenvalue weighted by Gasteiger charge is -2.28. The molecule has 0 saturated heterocycles. The van der Waals surface area contributed by atoms with Crippen LogP contribution in [0.25, 0.3) is 11.1 Å². The monoisotopic (exact) mass is 810 g/mol. The van der Waals surface area contributed by atoms with Crippen molar-refractivity contribution in [2.75, 3.05) is 33.3 Å². The highest BCUT2D eigenvalue weighted by molar-refractivity contribution is 5.83. The number of fused-ring (bicyclic) bond motifs is 1. The van der Waals surface area contributed by atoms with Crippen LogP contribution in [0.4, 0.5) is 13.2 Å². The minimum Gasteiger partial charge on any atom is -0.497 e. The zero-order chi connectivity index (χ0) is 42.6. The average molecular weight is 811 g/mol. The number of benzene rings is 3. The van der Waals surface area contributed by atoms with Crippen molar-refractivity contribution in [1.82, 2.24) is 19.4 Å². The quantitative estimate of drug-likeness (QED) is 0.118. The molecule has 0 radical (unpaired) electrons. The van der Waals surface area contributed by atoms with Crippen molar-refractivity contribution >= 4 is 17.8 Å². The summed E-state index contributed by atoms with van der Waals surface area (Å²) in [6.07, 6.45) is -5.46. The largest absolute Gasteiger partial charge is 0.497 e. The third-order valence-electron chi connectivity index (χ3n) is 10.0. The first-order chi connectivity index (χ1) is 27.6. The Hall–Kier alpha value is -5.58. The Labute approximate surface area is 334 Å². The summed E-state index contributed by atoms with van der Waals surface area (Å²) in [5.41, 5.74) is 4.24. The zero-order valence-corrected chi connectivity index (χ0v) is 32.6. The molecule has 0 aliphatic heterocycles. The van der Waals surface area contributed by atoms with Crippen LogP contribution < -0.4 is 10.3 Å². The van der Waals surface area contributed by atoms with Gasteiger partial charge in [0.15, 0.2) is 12.2 Å². The first-order valence-corrected chi connectivity index (χ1v) is 18.9. The molecule has 1 aromatic heterocycles. The van der Waals surface area contributed by atoms with Gasteiger partial charge in [0.2, 0.25) is 5.91 Å². The second kappa shape index (κ2) is 20.7. The predicted molar refractivity (Wildman–Crippen MR) is 208 cm³/mol. The average Bonchev–Trinajstić information content (AvgIpc) is 3.72. The SMILES string of the molecule is CCN(CC)CCN(Cc1ccc(-c2ccc(C(F)(F)F)cc2)cc1)C(=O)Cn1c(CCc2ccc(OC)cc2)nc(=O)c2c1CCC2.O=C(O)C(O)C(O)C(=O)O. The second-order valence-corrected chi connectivity index (χ2v) is 13.7. The number of carboxylic acids is 2. The lowest BCUT2D eigenvalue weighted by Crippen LogP contribution is -2.40. The van der Waals surface area contributed by atoms with Crippen LogP contribution in [-0.4, -0.2) is 103 Å². The van der Waals surface area contributed by atoms with Crippen molar-refractivity contribution in [3.63, 3.8) is 0 Å². The van der Waals surface area contributed by atoms with Gasteiger partial charge in [-0.1, -0.05) is 62.4 Å². The van der Waals surface area contributed by atoms with Gasteiger partial charge >= 0.3 is 18.1 Å². The molecule has 3 aromatic carbocycles. The summed E-state index contributed by atoms with van der Waals surface area (Å²) in [5, 5.41) is 32.5. The number of aromatic nitrogens is 2. The maximum absolute atomic E-state index is 14.2. The molecule has 5 rings (SSSR count). The molecule has 1 amide bonds. The van der Waals surface area contributed by atoms with Crippen molar-refractivity contribution in [3.05, 3.63) is 117 Å². The number of likely N-dealkylation sites (N-methyl/N-ethyl adjacent to an activating group) is 1. The summed E-state index contributed by atoms with van der Waals surface area (Å²) in [5.74, 6) is -2.20. The van der Waals surface area contributed by atoms with E-state index in [9.17, 15) is 32.3 Å². The summed E-state index contributed by atoms with van der Waals surface area (Å²) in [7, 11) is 1.63.